The number of azide groups is 1. The molecule has 0 radical (unpaired) electrons. The molecule has 6 nitrogen and oxygen atoms in total. The van der Waals surface area contributed by atoms with Crippen molar-refractivity contribution in [1.82, 2.24) is 0 Å². The van der Waals surface area contributed by atoms with E-state index in [1.165, 1.54) is 0 Å². The molecule has 0 heterocycles. The highest BCUT2D eigenvalue weighted by atomic mass is 16.5. The van der Waals surface area contributed by atoms with Gasteiger partial charge in [-0.1, -0.05) is 49.3 Å². The van der Waals surface area contributed by atoms with Crippen LogP contribution in [0.15, 0.2) is 35.4 Å². The fourth-order valence-corrected chi connectivity index (χ4v) is 1.82. The second kappa shape index (κ2) is 6.02. The Kier molecular flexibility index (Phi) is 4.67. The molecule has 1 atom stereocenters. The summed E-state index contributed by atoms with van der Waals surface area (Å²) in [5.41, 5.74) is 7.08. The summed E-state index contributed by atoms with van der Waals surface area (Å²) >= 11 is 0. The monoisotopic (exact) mass is 261 g/mol. The Bertz CT molecular complexity index is 521. The van der Waals surface area contributed by atoms with E-state index in [1.807, 2.05) is 0 Å². The maximum atomic E-state index is 12.4. The van der Waals surface area contributed by atoms with Gasteiger partial charge in [0.2, 0.25) is 5.54 Å². The van der Waals surface area contributed by atoms with E-state index in [0.29, 0.717) is 5.56 Å². The van der Waals surface area contributed by atoms with Crippen LogP contribution in [-0.2, 0) is 19.9 Å². The van der Waals surface area contributed by atoms with Gasteiger partial charge in [0.1, 0.15) is 0 Å². The van der Waals surface area contributed by atoms with Gasteiger partial charge < -0.3 is 4.74 Å². The van der Waals surface area contributed by atoms with Crippen LogP contribution in [-0.4, -0.2) is 18.9 Å². The number of ketones is 1. The number of esters is 1. The molecule has 0 aliphatic rings. The number of Topliss-reactive ketones (excluding diaryl/α,β-unsaturated/α-hetero) is 1. The summed E-state index contributed by atoms with van der Waals surface area (Å²) in [5, 5.41) is 3.47. The number of rotatable bonds is 5. The molecule has 1 aromatic rings. The molecule has 0 fully saturated rings. The number of hydrogen-bond donors (Lipinski definition) is 0. The van der Waals surface area contributed by atoms with Gasteiger partial charge in [-0.05, 0) is 11.1 Å². The maximum absolute atomic E-state index is 12.4. The van der Waals surface area contributed by atoms with Crippen molar-refractivity contribution >= 4 is 11.8 Å². The van der Waals surface area contributed by atoms with Crippen molar-refractivity contribution in [3.8, 4) is 0 Å². The van der Waals surface area contributed by atoms with Gasteiger partial charge in [0, 0.05) is 10.8 Å². The standard InChI is InChI=1S/C13H15N3O3/c1-9(2)11(17)13(15-16-14,12(18)19-3)10-7-5-4-6-8-10/h4-9H,1-3H3. The summed E-state index contributed by atoms with van der Waals surface area (Å²) in [5.74, 6) is -1.86. The molecule has 0 saturated heterocycles. The average Bonchev–Trinajstić information content (AvgIpc) is 2.44. The van der Waals surface area contributed by atoms with Gasteiger partial charge >= 0.3 is 5.97 Å². The van der Waals surface area contributed by atoms with Crippen molar-refractivity contribution in [2.24, 2.45) is 11.0 Å². The number of carbonyl (C=O) groups excluding carboxylic acids is 2. The lowest BCUT2D eigenvalue weighted by molar-refractivity contribution is -0.152. The van der Waals surface area contributed by atoms with E-state index in [9.17, 15) is 9.59 Å². The fourth-order valence-electron chi connectivity index (χ4n) is 1.82. The van der Waals surface area contributed by atoms with Gasteiger partial charge in [0.25, 0.3) is 0 Å². The van der Waals surface area contributed by atoms with Crippen molar-refractivity contribution in [1.29, 1.82) is 0 Å². The minimum Gasteiger partial charge on any atom is -0.468 e. The molecule has 6 heteroatoms. The molecule has 0 spiro atoms. The minimum atomic E-state index is -1.96. The Morgan fingerprint density at radius 2 is 1.89 bits per heavy atom. The quantitative estimate of drug-likeness (QED) is 0.268. The largest absolute Gasteiger partial charge is 0.468 e. The lowest BCUT2D eigenvalue weighted by atomic mass is 9.81. The highest BCUT2D eigenvalue weighted by Gasteiger charge is 2.48. The van der Waals surface area contributed by atoms with E-state index in [-0.39, 0.29) is 0 Å². The lowest BCUT2D eigenvalue weighted by Crippen LogP contribution is -2.44. The number of ether oxygens (including phenoxy) is 1. The number of carbonyl (C=O) groups is 2. The third-order valence-corrected chi connectivity index (χ3v) is 2.75. The normalized spacial score (nSPS) is 13.3. The van der Waals surface area contributed by atoms with Crippen molar-refractivity contribution < 1.29 is 14.3 Å². The Balaban J connectivity index is 3.58. The Labute approximate surface area is 111 Å². The Morgan fingerprint density at radius 3 is 2.32 bits per heavy atom. The van der Waals surface area contributed by atoms with Crippen molar-refractivity contribution in [3.05, 3.63) is 46.3 Å². The third-order valence-electron chi connectivity index (χ3n) is 2.75. The molecule has 0 aliphatic heterocycles. The van der Waals surface area contributed by atoms with Crippen LogP contribution < -0.4 is 0 Å². The molecule has 0 saturated carbocycles. The number of benzene rings is 1. The number of methoxy groups -OCH3 is 1. The molecule has 1 aromatic carbocycles. The van der Waals surface area contributed by atoms with E-state index >= 15 is 0 Å². The van der Waals surface area contributed by atoms with Gasteiger partial charge in [-0.15, -0.1) is 0 Å². The predicted octanol–water partition coefficient (Wildman–Crippen LogP) is 2.59. The van der Waals surface area contributed by atoms with Gasteiger partial charge in [0.05, 0.1) is 7.11 Å². The molecular formula is C13H15N3O3. The molecule has 0 amide bonds. The molecule has 0 aliphatic carbocycles. The lowest BCUT2D eigenvalue weighted by Gasteiger charge is -2.26. The second-order valence-corrected chi connectivity index (χ2v) is 4.28. The summed E-state index contributed by atoms with van der Waals surface area (Å²) in [7, 11) is 1.15. The van der Waals surface area contributed by atoms with Crippen LogP contribution in [0.25, 0.3) is 10.4 Å². The number of nitrogens with zero attached hydrogens (tertiary/aromatic N) is 3. The Hall–Kier alpha value is -2.33. The first-order valence-corrected chi connectivity index (χ1v) is 5.75. The fraction of sp³-hybridized carbons (Fsp3) is 0.385. The third kappa shape index (κ3) is 2.58. The Morgan fingerprint density at radius 1 is 1.32 bits per heavy atom. The van der Waals surface area contributed by atoms with Crippen LogP contribution in [0.2, 0.25) is 0 Å². The molecular weight excluding hydrogens is 246 g/mol. The molecule has 100 valence electrons. The van der Waals surface area contributed by atoms with Crippen LogP contribution in [0.5, 0.6) is 0 Å². The first-order valence-electron chi connectivity index (χ1n) is 5.75. The van der Waals surface area contributed by atoms with Gasteiger partial charge in [-0.25, -0.2) is 0 Å². The smallest absolute Gasteiger partial charge is 0.330 e. The molecule has 0 aromatic heterocycles. The van der Waals surface area contributed by atoms with E-state index in [1.54, 1.807) is 44.2 Å². The van der Waals surface area contributed by atoms with Crippen LogP contribution in [0.4, 0.5) is 0 Å². The second-order valence-electron chi connectivity index (χ2n) is 4.28. The molecule has 1 rings (SSSR count). The van der Waals surface area contributed by atoms with Crippen LogP contribution in [0.3, 0.4) is 0 Å². The van der Waals surface area contributed by atoms with Crippen LogP contribution in [0, 0.1) is 5.92 Å². The predicted molar refractivity (Wildman–Crippen MR) is 69.1 cm³/mol. The summed E-state index contributed by atoms with van der Waals surface area (Å²) < 4.78 is 4.67. The minimum absolute atomic E-state index is 0.304. The van der Waals surface area contributed by atoms with Crippen molar-refractivity contribution in [2.75, 3.05) is 7.11 Å². The molecule has 0 bridgehead atoms. The van der Waals surface area contributed by atoms with Gasteiger partial charge in [-0.2, -0.15) is 0 Å². The summed E-state index contributed by atoms with van der Waals surface area (Å²) in [4.78, 5) is 27.1. The average molecular weight is 261 g/mol. The zero-order chi connectivity index (χ0) is 14.5. The topological polar surface area (TPSA) is 92.1 Å². The SMILES string of the molecule is COC(=O)C(N=[N+]=[N-])(C(=O)C(C)C)c1ccccc1. The van der Waals surface area contributed by atoms with E-state index in [2.05, 4.69) is 14.8 Å². The van der Waals surface area contributed by atoms with Crippen LogP contribution >= 0.6 is 0 Å². The van der Waals surface area contributed by atoms with Crippen LogP contribution in [0.1, 0.15) is 19.4 Å². The first-order chi connectivity index (χ1) is 9.00. The molecule has 19 heavy (non-hydrogen) atoms. The molecule has 1 unspecified atom stereocenters. The van der Waals surface area contributed by atoms with Crippen molar-refractivity contribution in [3.63, 3.8) is 0 Å². The van der Waals surface area contributed by atoms with E-state index in [4.69, 9.17) is 5.53 Å². The zero-order valence-electron chi connectivity index (χ0n) is 11.0. The summed E-state index contributed by atoms with van der Waals surface area (Å²) in [6.07, 6.45) is 0. The number of hydrogen-bond acceptors (Lipinski definition) is 4. The zero-order valence-corrected chi connectivity index (χ0v) is 11.0. The van der Waals surface area contributed by atoms with E-state index in [0.717, 1.165) is 7.11 Å². The summed E-state index contributed by atoms with van der Waals surface area (Å²) in [6.45, 7) is 3.27. The van der Waals surface area contributed by atoms with E-state index < -0.39 is 23.2 Å². The summed E-state index contributed by atoms with van der Waals surface area (Å²) in [6, 6.07) is 8.18. The molecule has 0 N–H and O–H groups in total. The maximum Gasteiger partial charge on any atom is 0.330 e. The highest BCUT2D eigenvalue weighted by Crippen LogP contribution is 2.31. The highest BCUT2D eigenvalue weighted by molar-refractivity contribution is 6.10. The van der Waals surface area contributed by atoms with Gasteiger partial charge in [-0.3, -0.25) is 9.59 Å². The van der Waals surface area contributed by atoms with Crippen molar-refractivity contribution in [2.45, 2.75) is 19.4 Å². The first kappa shape index (κ1) is 14.7. The van der Waals surface area contributed by atoms with Gasteiger partial charge in [0.15, 0.2) is 5.78 Å².